The number of nitriles is 1. The Labute approximate surface area is 99.6 Å². The summed E-state index contributed by atoms with van der Waals surface area (Å²) in [5, 5.41) is 8.68. The number of carbonyl (C=O) groups is 1. The zero-order valence-electron chi connectivity index (χ0n) is 9.14. The summed E-state index contributed by atoms with van der Waals surface area (Å²) >= 11 is 0. The van der Waals surface area contributed by atoms with Crippen molar-refractivity contribution in [2.75, 3.05) is 6.61 Å². The number of rotatable bonds is 2. The normalized spacial score (nSPS) is 10.9. The van der Waals surface area contributed by atoms with Crippen LogP contribution in [0, 0.1) is 17.1 Å². The molecule has 0 aromatic heterocycles. The number of nitrogens with zero attached hydrogens (tertiary/aromatic N) is 1. The highest BCUT2D eigenvalue weighted by atomic mass is 19.4. The summed E-state index contributed by atoms with van der Waals surface area (Å²) in [7, 11) is 0. The summed E-state index contributed by atoms with van der Waals surface area (Å²) in [6.45, 7) is 1.27. The van der Waals surface area contributed by atoms with Crippen molar-refractivity contribution < 1.29 is 27.1 Å². The van der Waals surface area contributed by atoms with Crippen molar-refractivity contribution in [2.45, 2.75) is 13.1 Å². The first-order valence-electron chi connectivity index (χ1n) is 4.79. The van der Waals surface area contributed by atoms with Crippen molar-refractivity contribution in [3.63, 3.8) is 0 Å². The number of alkyl halides is 3. The molecule has 0 unspecified atom stereocenters. The van der Waals surface area contributed by atoms with E-state index < -0.39 is 34.7 Å². The third-order valence-corrected chi connectivity index (χ3v) is 2.05. The number of esters is 1. The van der Waals surface area contributed by atoms with Crippen molar-refractivity contribution in [1.29, 1.82) is 5.26 Å². The predicted octanol–water partition coefficient (Wildman–Crippen LogP) is 2.89. The Hall–Kier alpha value is -2.10. The molecular weight excluding hydrogens is 254 g/mol. The Morgan fingerprint density at radius 2 is 2.06 bits per heavy atom. The van der Waals surface area contributed by atoms with Crippen LogP contribution in [0.4, 0.5) is 17.6 Å². The average molecular weight is 261 g/mol. The van der Waals surface area contributed by atoms with Crippen molar-refractivity contribution in [2.24, 2.45) is 0 Å². The number of benzene rings is 1. The van der Waals surface area contributed by atoms with Gasteiger partial charge in [0.2, 0.25) is 0 Å². The van der Waals surface area contributed by atoms with Gasteiger partial charge >= 0.3 is 12.1 Å². The van der Waals surface area contributed by atoms with E-state index in [4.69, 9.17) is 5.26 Å². The summed E-state index contributed by atoms with van der Waals surface area (Å²) < 4.78 is 55.5. The van der Waals surface area contributed by atoms with Crippen molar-refractivity contribution in [3.8, 4) is 6.07 Å². The molecule has 0 spiro atoms. The summed E-state index contributed by atoms with van der Waals surface area (Å²) in [5.41, 5.74) is -3.43. The maximum Gasteiger partial charge on any atom is 0.417 e. The molecule has 0 atom stereocenters. The first kappa shape index (κ1) is 14.0. The van der Waals surface area contributed by atoms with E-state index in [0.717, 1.165) is 0 Å². The average Bonchev–Trinajstić information content (AvgIpc) is 2.26. The SMILES string of the molecule is CCOC(=O)c1c(F)ccc(C(F)(F)F)c1C#N. The van der Waals surface area contributed by atoms with E-state index in [0.29, 0.717) is 12.1 Å². The highest BCUT2D eigenvalue weighted by Gasteiger charge is 2.36. The van der Waals surface area contributed by atoms with Crippen LogP contribution in [0.25, 0.3) is 0 Å². The van der Waals surface area contributed by atoms with E-state index in [1.165, 1.54) is 13.0 Å². The highest BCUT2D eigenvalue weighted by Crippen LogP contribution is 2.34. The van der Waals surface area contributed by atoms with Gasteiger partial charge in [-0.1, -0.05) is 0 Å². The van der Waals surface area contributed by atoms with Gasteiger partial charge in [0.25, 0.3) is 0 Å². The summed E-state index contributed by atoms with van der Waals surface area (Å²) in [4.78, 5) is 11.3. The number of hydrogen-bond donors (Lipinski definition) is 0. The molecule has 1 aromatic rings. The van der Waals surface area contributed by atoms with E-state index in [1.807, 2.05) is 0 Å². The molecule has 1 rings (SSSR count). The maximum atomic E-state index is 13.4. The van der Waals surface area contributed by atoms with Gasteiger partial charge in [-0.2, -0.15) is 18.4 Å². The standard InChI is InChI=1S/C11H7F4NO2/c1-2-18-10(17)9-6(5-16)7(11(13,14)15)3-4-8(9)12/h3-4H,2H2,1H3. The Bertz CT molecular complexity index is 517. The molecule has 0 radical (unpaired) electrons. The zero-order chi connectivity index (χ0) is 13.9. The van der Waals surface area contributed by atoms with E-state index in [2.05, 4.69) is 4.74 Å². The quantitative estimate of drug-likeness (QED) is 0.607. The van der Waals surface area contributed by atoms with Crippen LogP contribution in [0.15, 0.2) is 12.1 Å². The third-order valence-electron chi connectivity index (χ3n) is 2.05. The summed E-state index contributed by atoms with van der Waals surface area (Å²) in [6, 6.07) is 2.09. The van der Waals surface area contributed by atoms with Crippen LogP contribution in [-0.2, 0) is 10.9 Å². The van der Waals surface area contributed by atoms with E-state index >= 15 is 0 Å². The molecule has 0 N–H and O–H groups in total. The number of ether oxygens (including phenoxy) is 1. The lowest BCUT2D eigenvalue weighted by atomic mass is 10.0. The molecule has 0 heterocycles. The molecule has 7 heteroatoms. The van der Waals surface area contributed by atoms with Crippen LogP contribution in [-0.4, -0.2) is 12.6 Å². The van der Waals surface area contributed by atoms with Gasteiger partial charge in [0, 0.05) is 0 Å². The third kappa shape index (κ3) is 2.59. The van der Waals surface area contributed by atoms with E-state index in [-0.39, 0.29) is 6.61 Å². The monoisotopic (exact) mass is 261 g/mol. The molecule has 0 amide bonds. The zero-order valence-corrected chi connectivity index (χ0v) is 9.14. The highest BCUT2D eigenvalue weighted by molar-refractivity contribution is 5.93. The Balaban J connectivity index is 3.51. The number of halogens is 4. The van der Waals surface area contributed by atoms with Gasteiger partial charge in [-0.25, -0.2) is 9.18 Å². The second kappa shape index (κ2) is 5.04. The minimum absolute atomic E-state index is 0.139. The molecule has 0 saturated carbocycles. The first-order chi connectivity index (χ1) is 8.32. The number of hydrogen-bond acceptors (Lipinski definition) is 3. The van der Waals surface area contributed by atoms with Crippen molar-refractivity contribution >= 4 is 5.97 Å². The molecule has 0 fully saturated rings. The Kier molecular flexibility index (Phi) is 3.91. The van der Waals surface area contributed by atoms with Gasteiger partial charge in [0.1, 0.15) is 17.4 Å². The van der Waals surface area contributed by atoms with Gasteiger partial charge in [-0.3, -0.25) is 0 Å². The minimum atomic E-state index is -4.85. The second-order valence-corrected chi connectivity index (χ2v) is 3.17. The number of carbonyl (C=O) groups excluding carboxylic acids is 1. The summed E-state index contributed by atoms with van der Waals surface area (Å²) in [6.07, 6.45) is -4.85. The minimum Gasteiger partial charge on any atom is -0.462 e. The van der Waals surface area contributed by atoms with Crippen LogP contribution >= 0.6 is 0 Å². The Morgan fingerprint density at radius 3 is 2.50 bits per heavy atom. The molecule has 96 valence electrons. The molecule has 0 saturated heterocycles. The van der Waals surface area contributed by atoms with Gasteiger partial charge < -0.3 is 4.74 Å². The van der Waals surface area contributed by atoms with E-state index in [9.17, 15) is 22.4 Å². The molecule has 0 aliphatic heterocycles. The van der Waals surface area contributed by atoms with Crippen LogP contribution in [0.3, 0.4) is 0 Å². The fourth-order valence-corrected chi connectivity index (χ4v) is 1.33. The molecule has 0 aliphatic carbocycles. The second-order valence-electron chi connectivity index (χ2n) is 3.17. The van der Waals surface area contributed by atoms with Crippen LogP contribution in [0.2, 0.25) is 0 Å². The van der Waals surface area contributed by atoms with Crippen molar-refractivity contribution in [3.05, 3.63) is 34.6 Å². The topological polar surface area (TPSA) is 50.1 Å². The maximum absolute atomic E-state index is 13.4. The van der Waals surface area contributed by atoms with E-state index in [1.54, 1.807) is 0 Å². The summed E-state index contributed by atoms with van der Waals surface area (Å²) in [5.74, 6) is -2.52. The van der Waals surface area contributed by atoms with Crippen LogP contribution < -0.4 is 0 Å². The smallest absolute Gasteiger partial charge is 0.417 e. The van der Waals surface area contributed by atoms with Crippen LogP contribution in [0.5, 0.6) is 0 Å². The molecule has 18 heavy (non-hydrogen) atoms. The molecule has 3 nitrogen and oxygen atoms in total. The van der Waals surface area contributed by atoms with Crippen LogP contribution in [0.1, 0.15) is 28.4 Å². The van der Waals surface area contributed by atoms with Gasteiger partial charge in [-0.05, 0) is 19.1 Å². The molecule has 0 bridgehead atoms. The predicted molar refractivity (Wildman–Crippen MR) is 52.1 cm³/mol. The lowest BCUT2D eigenvalue weighted by Gasteiger charge is -2.12. The lowest BCUT2D eigenvalue weighted by Crippen LogP contribution is -2.15. The first-order valence-corrected chi connectivity index (χ1v) is 4.79. The van der Waals surface area contributed by atoms with Crippen molar-refractivity contribution in [1.82, 2.24) is 0 Å². The largest absolute Gasteiger partial charge is 0.462 e. The Morgan fingerprint density at radius 1 is 1.44 bits per heavy atom. The molecule has 1 aromatic carbocycles. The van der Waals surface area contributed by atoms with Gasteiger partial charge in [-0.15, -0.1) is 0 Å². The fourth-order valence-electron chi connectivity index (χ4n) is 1.33. The fraction of sp³-hybridized carbons (Fsp3) is 0.273. The lowest BCUT2D eigenvalue weighted by molar-refractivity contribution is -0.137. The van der Waals surface area contributed by atoms with Gasteiger partial charge in [0.05, 0.1) is 17.7 Å². The molecular formula is C11H7F4NO2. The molecule has 0 aliphatic rings. The van der Waals surface area contributed by atoms with Gasteiger partial charge in [0.15, 0.2) is 0 Å².